The maximum absolute atomic E-state index is 13.8. The lowest BCUT2D eigenvalue weighted by atomic mass is 9.81. The standard InChI is InChI=1S/C48H68N2O12/c1-9-43(51)61-45-39(55-5)18-29(19-40(45)56-6)27-49(3)33-14-15-34(49)24-37(23-33)59-47(53)31-12-11-13-32(22-31)48(54)60-38-25-35-16-17-36(26-38)50(35,4)28-30-20-41(57-7)46(42(21-30)58-8)62-44(52)10-2/h18-21,31-38H,9-17,22-28H2,1-8H3/q+2/t31?,32?,33-,34+,35-,36+,37?,38?,49?,50?. The maximum atomic E-state index is 13.8. The predicted molar refractivity (Wildman–Crippen MR) is 228 cm³/mol. The van der Waals surface area contributed by atoms with Crippen LogP contribution in [0.25, 0.3) is 0 Å². The van der Waals surface area contributed by atoms with Gasteiger partial charge >= 0.3 is 23.9 Å². The van der Waals surface area contributed by atoms with Crippen molar-refractivity contribution in [1.82, 2.24) is 0 Å². The molecule has 0 N–H and O–H groups in total. The van der Waals surface area contributed by atoms with Gasteiger partial charge in [0.2, 0.25) is 11.5 Å². The van der Waals surface area contributed by atoms with Crippen LogP contribution in [-0.2, 0) is 41.7 Å². The minimum atomic E-state index is -0.360. The number of hydrogen-bond donors (Lipinski definition) is 0. The molecule has 7 rings (SSSR count). The van der Waals surface area contributed by atoms with Crippen molar-refractivity contribution in [2.24, 2.45) is 11.8 Å². The molecule has 0 amide bonds. The molecule has 1 aliphatic carbocycles. The Morgan fingerprint density at radius 3 is 1.13 bits per heavy atom. The normalized spacial score (nSPS) is 31.1. The van der Waals surface area contributed by atoms with E-state index in [1.54, 1.807) is 42.3 Å². The molecule has 4 bridgehead atoms. The van der Waals surface area contributed by atoms with Crippen molar-refractivity contribution >= 4 is 23.9 Å². The topological polar surface area (TPSA) is 142 Å². The van der Waals surface area contributed by atoms with Gasteiger partial charge in [0.1, 0.15) is 25.3 Å². The van der Waals surface area contributed by atoms with Crippen LogP contribution in [0.15, 0.2) is 24.3 Å². The van der Waals surface area contributed by atoms with Gasteiger partial charge in [-0.1, -0.05) is 20.3 Å². The summed E-state index contributed by atoms with van der Waals surface area (Å²) in [5, 5.41) is 0. The van der Waals surface area contributed by atoms with Crippen molar-refractivity contribution in [3.63, 3.8) is 0 Å². The molecule has 0 spiro atoms. The summed E-state index contributed by atoms with van der Waals surface area (Å²) in [6.07, 6.45) is 10.3. The maximum Gasteiger partial charge on any atom is 0.311 e. The first-order valence-electron chi connectivity index (χ1n) is 22.8. The molecule has 5 fully saturated rings. The molecule has 4 aliphatic heterocycles. The summed E-state index contributed by atoms with van der Waals surface area (Å²) in [6.45, 7) is 4.98. The first kappa shape index (κ1) is 45.5. The van der Waals surface area contributed by atoms with Crippen molar-refractivity contribution in [3.05, 3.63) is 35.4 Å². The number of hydrogen-bond acceptors (Lipinski definition) is 12. The fourth-order valence-corrected chi connectivity index (χ4v) is 11.6. The zero-order chi connectivity index (χ0) is 44.3. The van der Waals surface area contributed by atoms with E-state index in [4.69, 9.17) is 37.9 Å². The highest BCUT2D eigenvalue weighted by molar-refractivity contribution is 5.77. The highest BCUT2D eigenvalue weighted by atomic mass is 16.6. The average Bonchev–Trinajstić information content (AvgIpc) is 3.49. The van der Waals surface area contributed by atoms with Crippen LogP contribution in [0.3, 0.4) is 0 Å². The van der Waals surface area contributed by atoms with E-state index in [-0.39, 0.29) is 60.8 Å². The number of esters is 4. The Morgan fingerprint density at radius 2 is 0.839 bits per heavy atom. The zero-order valence-electron chi connectivity index (χ0n) is 38.0. The fourth-order valence-electron chi connectivity index (χ4n) is 11.6. The Hall–Kier alpha value is -4.56. The largest absolute Gasteiger partial charge is 0.493 e. The molecule has 340 valence electrons. The third-order valence-electron chi connectivity index (χ3n) is 15.1. The first-order chi connectivity index (χ1) is 29.7. The number of benzene rings is 2. The molecular weight excluding hydrogens is 797 g/mol. The molecule has 2 aromatic carbocycles. The Kier molecular flexibility index (Phi) is 14.0. The highest BCUT2D eigenvalue weighted by Crippen LogP contribution is 2.48. The van der Waals surface area contributed by atoms with E-state index in [1.165, 1.54) is 0 Å². The number of nitrogens with zero attached hydrogens (tertiary/aromatic N) is 2. The van der Waals surface area contributed by atoms with E-state index >= 15 is 0 Å². The zero-order valence-corrected chi connectivity index (χ0v) is 38.0. The van der Waals surface area contributed by atoms with Gasteiger partial charge in [-0.25, -0.2) is 0 Å². The van der Waals surface area contributed by atoms with Gasteiger partial charge in [-0.2, -0.15) is 0 Å². The summed E-state index contributed by atoms with van der Waals surface area (Å²) < 4.78 is 48.0. The minimum Gasteiger partial charge on any atom is -0.493 e. The quantitative estimate of drug-likeness (QED) is 0.0956. The van der Waals surface area contributed by atoms with E-state index in [2.05, 4.69) is 14.1 Å². The van der Waals surface area contributed by atoms with Gasteiger partial charge in [-0.15, -0.1) is 0 Å². The van der Waals surface area contributed by atoms with Crippen molar-refractivity contribution in [3.8, 4) is 34.5 Å². The second-order valence-electron chi connectivity index (χ2n) is 18.7. The van der Waals surface area contributed by atoms with Gasteiger partial charge < -0.3 is 46.9 Å². The lowest BCUT2D eigenvalue weighted by Crippen LogP contribution is -2.58. The summed E-state index contributed by atoms with van der Waals surface area (Å²) >= 11 is 0. The van der Waals surface area contributed by atoms with E-state index in [0.29, 0.717) is 65.1 Å². The lowest BCUT2D eigenvalue weighted by molar-refractivity contribution is -0.961. The Labute approximate surface area is 366 Å². The van der Waals surface area contributed by atoms with Gasteiger partial charge in [0.05, 0.1) is 78.5 Å². The second-order valence-corrected chi connectivity index (χ2v) is 18.7. The van der Waals surface area contributed by atoms with Crippen molar-refractivity contribution in [2.75, 3.05) is 42.5 Å². The van der Waals surface area contributed by atoms with Crippen molar-refractivity contribution in [2.45, 2.75) is 153 Å². The summed E-state index contributed by atoms with van der Waals surface area (Å²) in [6, 6.07) is 9.03. The van der Waals surface area contributed by atoms with Gasteiger partial charge in [0.25, 0.3) is 0 Å². The van der Waals surface area contributed by atoms with E-state index in [1.807, 2.05) is 24.3 Å². The second kappa shape index (κ2) is 19.0. The first-order valence-corrected chi connectivity index (χ1v) is 22.8. The molecule has 14 heteroatoms. The molecule has 14 nitrogen and oxygen atoms in total. The van der Waals surface area contributed by atoms with E-state index in [0.717, 1.165) is 104 Å². The summed E-state index contributed by atoms with van der Waals surface area (Å²) in [4.78, 5) is 51.8. The van der Waals surface area contributed by atoms with Crippen LogP contribution in [0.4, 0.5) is 0 Å². The van der Waals surface area contributed by atoms with Gasteiger partial charge in [-0.05, 0) is 43.5 Å². The minimum absolute atomic E-state index is 0.151. The molecule has 62 heavy (non-hydrogen) atoms. The number of fused-ring (bicyclic) bond motifs is 4. The summed E-state index contributed by atoms with van der Waals surface area (Å²) in [7, 11) is 10.8. The highest BCUT2D eigenvalue weighted by Gasteiger charge is 2.54. The molecule has 6 unspecified atom stereocenters. The number of quaternary nitrogens is 2. The van der Waals surface area contributed by atoms with Crippen LogP contribution in [0.2, 0.25) is 0 Å². The molecule has 0 aromatic heterocycles. The molecule has 1 saturated carbocycles. The Balaban J connectivity index is 0.920. The molecule has 5 aliphatic rings. The molecule has 10 atom stereocenters. The van der Waals surface area contributed by atoms with Gasteiger partial charge in [0.15, 0.2) is 23.0 Å². The monoisotopic (exact) mass is 864 g/mol. The number of carbonyl (C=O) groups excluding carboxylic acids is 4. The van der Waals surface area contributed by atoms with Crippen molar-refractivity contribution < 1.29 is 66.0 Å². The number of carbonyl (C=O) groups is 4. The van der Waals surface area contributed by atoms with Crippen LogP contribution < -0.4 is 28.4 Å². The van der Waals surface area contributed by atoms with Gasteiger partial charge in [0, 0.05) is 75.3 Å². The molecule has 4 heterocycles. The van der Waals surface area contributed by atoms with Crippen LogP contribution in [0.1, 0.15) is 115 Å². The average molecular weight is 865 g/mol. The fraction of sp³-hybridized carbons (Fsp3) is 0.667. The molecule has 0 radical (unpaired) electrons. The number of piperidine rings is 2. The van der Waals surface area contributed by atoms with Gasteiger partial charge in [-0.3, -0.25) is 19.2 Å². The number of ether oxygens (including phenoxy) is 8. The smallest absolute Gasteiger partial charge is 0.311 e. The van der Waals surface area contributed by atoms with E-state index in [9.17, 15) is 19.2 Å². The summed E-state index contributed by atoms with van der Waals surface area (Å²) in [5.74, 6) is 0.735. The van der Waals surface area contributed by atoms with Crippen LogP contribution in [-0.4, -0.2) is 112 Å². The Morgan fingerprint density at radius 1 is 0.516 bits per heavy atom. The van der Waals surface area contributed by atoms with Crippen LogP contribution in [0.5, 0.6) is 34.5 Å². The van der Waals surface area contributed by atoms with Crippen LogP contribution in [0, 0.1) is 11.8 Å². The molecule has 2 aromatic rings. The van der Waals surface area contributed by atoms with Crippen LogP contribution >= 0.6 is 0 Å². The Bertz CT molecular complexity index is 1770. The SMILES string of the molecule is CCC(=O)Oc1c(OC)cc(C[N+]2(C)[C@@H]3CC[C@H]2CC(OC(=O)C2CCCC(C(=O)OC4C[C@H]5CC[C@@H](C4)[N+]5(C)Cc4cc(OC)c(OC(=O)CC)c(OC)c4)C2)C3)cc1OC. The predicted octanol–water partition coefficient (Wildman–Crippen LogP) is 7.22. The number of rotatable bonds is 16. The lowest BCUT2D eigenvalue weighted by Gasteiger charge is -2.47. The van der Waals surface area contributed by atoms with E-state index < -0.39 is 0 Å². The third kappa shape index (κ3) is 9.23. The molecule has 4 saturated heterocycles. The number of methoxy groups -OCH3 is 4. The third-order valence-corrected chi connectivity index (χ3v) is 15.1. The molecular formula is C48H68N2O12+2. The van der Waals surface area contributed by atoms with Crippen molar-refractivity contribution in [1.29, 1.82) is 0 Å². The summed E-state index contributed by atoms with van der Waals surface area (Å²) in [5.41, 5.74) is 2.06.